The highest BCUT2D eigenvalue weighted by Gasteiger charge is 2.11. The molecule has 0 aliphatic carbocycles. The zero-order chi connectivity index (χ0) is 9.42. The first-order valence-corrected chi connectivity index (χ1v) is 4.06. The molecule has 2 heterocycles. The molecule has 0 aliphatic heterocycles. The fourth-order valence-electron chi connectivity index (χ4n) is 1.23. The molecule has 2 aromatic heterocycles. The van der Waals surface area contributed by atoms with E-state index in [0.717, 1.165) is 5.82 Å². The van der Waals surface area contributed by atoms with Crippen molar-refractivity contribution in [1.82, 2.24) is 19.6 Å². The standard InChI is InChI=1S/C7H11N5O/c1-3-13-11-5(2)10-12-7(11)6(8)4-9-12/h4H,3,8H2,1-2H3. The Hall–Kier alpha value is -1.72. The monoisotopic (exact) mass is 181 g/mol. The average Bonchev–Trinajstić information content (AvgIpc) is 2.57. The normalized spacial score (nSPS) is 10.9. The molecule has 2 aromatic rings. The highest BCUT2D eigenvalue weighted by molar-refractivity contribution is 5.63. The summed E-state index contributed by atoms with van der Waals surface area (Å²) in [5.41, 5.74) is 6.94. The Morgan fingerprint density at radius 2 is 2.38 bits per heavy atom. The second-order valence-corrected chi connectivity index (χ2v) is 2.67. The van der Waals surface area contributed by atoms with E-state index in [2.05, 4.69) is 10.2 Å². The predicted molar refractivity (Wildman–Crippen MR) is 47.2 cm³/mol. The van der Waals surface area contributed by atoms with Gasteiger partial charge in [-0.1, -0.05) is 0 Å². The van der Waals surface area contributed by atoms with E-state index in [9.17, 15) is 0 Å². The summed E-state index contributed by atoms with van der Waals surface area (Å²) in [6.07, 6.45) is 1.55. The summed E-state index contributed by atoms with van der Waals surface area (Å²) < 4.78 is 3.04. The van der Waals surface area contributed by atoms with Gasteiger partial charge in [0.25, 0.3) is 0 Å². The van der Waals surface area contributed by atoms with Crippen LogP contribution in [-0.4, -0.2) is 26.2 Å². The smallest absolute Gasteiger partial charge is 0.216 e. The Morgan fingerprint density at radius 1 is 1.62 bits per heavy atom. The molecule has 70 valence electrons. The number of hydrogen-bond donors (Lipinski definition) is 1. The van der Waals surface area contributed by atoms with Gasteiger partial charge >= 0.3 is 0 Å². The molecule has 6 heteroatoms. The third kappa shape index (κ3) is 1.02. The molecule has 13 heavy (non-hydrogen) atoms. The van der Waals surface area contributed by atoms with E-state index in [1.54, 1.807) is 10.9 Å². The first-order chi connectivity index (χ1) is 6.24. The molecule has 0 unspecified atom stereocenters. The van der Waals surface area contributed by atoms with Crippen molar-refractivity contribution in [2.75, 3.05) is 12.3 Å². The number of nitrogens with two attached hydrogens (primary N) is 1. The lowest BCUT2D eigenvalue weighted by Crippen LogP contribution is -2.12. The van der Waals surface area contributed by atoms with E-state index >= 15 is 0 Å². The van der Waals surface area contributed by atoms with Crippen molar-refractivity contribution in [2.45, 2.75) is 13.8 Å². The van der Waals surface area contributed by atoms with Gasteiger partial charge in [-0.25, -0.2) is 0 Å². The quantitative estimate of drug-likeness (QED) is 0.700. The topological polar surface area (TPSA) is 70.4 Å². The molecule has 2 rings (SSSR count). The first-order valence-electron chi connectivity index (χ1n) is 4.06. The van der Waals surface area contributed by atoms with Gasteiger partial charge in [-0.2, -0.15) is 5.10 Å². The summed E-state index contributed by atoms with van der Waals surface area (Å²) in [4.78, 5) is 5.34. The lowest BCUT2D eigenvalue weighted by atomic mass is 10.6. The van der Waals surface area contributed by atoms with E-state index in [4.69, 9.17) is 10.6 Å². The Bertz CT molecular complexity index is 429. The maximum atomic E-state index is 5.70. The SMILES string of the molecule is CCOn1c(C)nn2ncc(N)c12. The molecule has 0 fully saturated rings. The molecule has 0 bridgehead atoms. The van der Waals surface area contributed by atoms with Gasteiger partial charge in [0.2, 0.25) is 5.65 Å². The second-order valence-electron chi connectivity index (χ2n) is 2.67. The average molecular weight is 181 g/mol. The van der Waals surface area contributed by atoms with Gasteiger partial charge in [-0.05, 0) is 13.8 Å². The molecule has 0 saturated carbocycles. The minimum Gasteiger partial charge on any atom is -0.411 e. The van der Waals surface area contributed by atoms with Crippen LogP contribution in [0.25, 0.3) is 5.65 Å². The van der Waals surface area contributed by atoms with Gasteiger partial charge in [-0.15, -0.1) is 14.5 Å². The number of aryl methyl sites for hydroxylation is 1. The number of aromatic nitrogens is 4. The molecule has 0 aliphatic rings. The van der Waals surface area contributed by atoms with Gasteiger partial charge in [0, 0.05) is 0 Å². The number of rotatable bonds is 2. The fourth-order valence-corrected chi connectivity index (χ4v) is 1.23. The van der Waals surface area contributed by atoms with Crippen molar-refractivity contribution in [2.24, 2.45) is 0 Å². The summed E-state index contributed by atoms with van der Waals surface area (Å²) in [6, 6.07) is 0. The Labute approximate surface area is 74.8 Å². The Kier molecular flexibility index (Phi) is 1.61. The van der Waals surface area contributed by atoms with Crippen molar-refractivity contribution in [1.29, 1.82) is 0 Å². The van der Waals surface area contributed by atoms with Gasteiger partial charge in [0.05, 0.1) is 6.20 Å². The van der Waals surface area contributed by atoms with Gasteiger partial charge in [0.15, 0.2) is 5.82 Å². The van der Waals surface area contributed by atoms with E-state index < -0.39 is 0 Å². The Morgan fingerprint density at radius 3 is 3.08 bits per heavy atom. The van der Waals surface area contributed by atoms with Crippen LogP contribution in [0.4, 0.5) is 5.69 Å². The van der Waals surface area contributed by atoms with E-state index in [0.29, 0.717) is 17.9 Å². The summed E-state index contributed by atoms with van der Waals surface area (Å²) in [5, 5.41) is 8.08. The fraction of sp³-hybridized carbons (Fsp3) is 0.429. The summed E-state index contributed by atoms with van der Waals surface area (Å²) >= 11 is 0. The number of hydrogen-bond acceptors (Lipinski definition) is 4. The van der Waals surface area contributed by atoms with Crippen LogP contribution in [0.2, 0.25) is 0 Å². The molecule has 0 spiro atoms. The van der Waals surface area contributed by atoms with Gasteiger partial charge in [-0.3, -0.25) is 0 Å². The number of anilines is 1. The van der Waals surface area contributed by atoms with E-state index in [-0.39, 0.29) is 0 Å². The van der Waals surface area contributed by atoms with Crippen LogP contribution in [-0.2, 0) is 0 Å². The molecule has 0 radical (unpaired) electrons. The largest absolute Gasteiger partial charge is 0.411 e. The van der Waals surface area contributed by atoms with Crippen LogP contribution in [0.1, 0.15) is 12.7 Å². The molecule has 6 nitrogen and oxygen atoms in total. The molecule has 0 saturated heterocycles. The zero-order valence-electron chi connectivity index (χ0n) is 7.56. The van der Waals surface area contributed by atoms with Crippen molar-refractivity contribution in [3.63, 3.8) is 0 Å². The minimum absolute atomic E-state index is 0.564. The van der Waals surface area contributed by atoms with Crippen molar-refractivity contribution in [3.05, 3.63) is 12.0 Å². The number of nitrogen functional groups attached to an aromatic ring is 1. The molecule has 0 atom stereocenters. The van der Waals surface area contributed by atoms with Gasteiger partial charge in [0.1, 0.15) is 12.3 Å². The molecular formula is C7H11N5O. The highest BCUT2D eigenvalue weighted by Crippen LogP contribution is 2.12. The number of nitrogens with zero attached hydrogens (tertiary/aromatic N) is 4. The van der Waals surface area contributed by atoms with Crippen LogP contribution in [0.5, 0.6) is 0 Å². The van der Waals surface area contributed by atoms with Crippen molar-refractivity contribution >= 4 is 11.3 Å². The van der Waals surface area contributed by atoms with Gasteiger partial charge < -0.3 is 10.6 Å². The third-order valence-corrected chi connectivity index (χ3v) is 1.74. The lowest BCUT2D eigenvalue weighted by molar-refractivity contribution is 0.126. The third-order valence-electron chi connectivity index (χ3n) is 1.74. The molecule has 2 N–H and O–H groups in total. The summed E-state index contributed by atoms with van der Waals surface area (Å²) in [7, 11) is 0. The van der Waals surface area contributed by atoms with Crippen LogP contribution in [0.15, 0.2) is 6.20 Å². The van der Waals surface area contributed by atoms with Crippen LogP contribution >= 0.6 is 0 Å². The van der Waals surface area contributed by atoms with Crippen LogP contribution in [0.3, 0.4) is 0 Å². The second kappa shape index (κ2) is 2.65. The highest BCUT2D eigenvalue weighted by atomic mass is 16.7. The zero-order valence-corrected chi connectivity index (χ0v) is 7.56. The molecule has 0 amide bonds. The number of fused-ring (bicyclic) bond motifs is 1. The van der Waals surface area contributed by atoms with Crippen LogP contribution in [0, 0.1) is 6.92 Å². The van der Waals surface area contributed by atoms with E-state index in [1.807, 2.05) is 13.8 Å². The lowest BCUT2D eigenvalue weighted by Gasteiger charge is -2.04. The summed E-state index contributed by atoms with van der Waals surface area (Å²) in [6.45, 7) is 4.31. The maximum absolute atomic E-state index is 5.70. The van der Waals surface area contributed by atoms with Crippen molar-refractivity contribution < 1.29 is 4.84 Å². The molecule has 0 aromatic carbocycles. The maximum Gasteiger partial charge on any atom is 0.216 e. The van der Waals surface area contributed by atoms with E-state index in [1.165, 1.54) is 4.63 Å². The minimum atomic E-state index is 0.564. The molecular weight excluding hydrogens is 170 g/mol. The predicted octanol–water partition coefficient (Wildman–Crippen LogP) is -0.130. The Balaban J connectivity index is 2.67. The van der Waals surface area contributed by atoms with Crippen LogP contribution < -0.4 is 10.6 Å². The van der Waals surface area contributed by atoms with Crippen molar-refractivity contribution in [3.8, 4) is 0 Å². The first kappa shape index (κ1) is 7.90. The summed E-state index contributed by atoms with van der Waals surface area (Å²) in [5.74, 6) is 0.733.